The number of hydrogen-bond donors (Lipinski definition) is 2. The number of fused-ring (bicyclic) bond motifs is 1. The molecule has 0 saturated heterocycles. The number of anilines is 1. The zero-order chi connectivity index (χ0) is 20.4. The summed E-state index contributed by atoms with van der Waals surface area (Å²) >= 11 is 0. The summed E-state index contributed by atoms with van der Waals surface area (Å²) < 4.78 is 18.6. The van der Waals surface area contributed by atoms with Gasteiger partial charge in [-0.25, -0.2) is 4.98 Å². The smallest absolute Gasteiger partial charge is 0.287 e. The minimum atomic E-state index is -2.57. The van der Waals surface area contributed by atoms with Crippen LogP contribution in [0.3, 0.4) is 0 Å². The van der Waals surface area contributed by atoms with E-state index in [-0.39, 0.29) is 17.5 Å². The number of amides is 1. The van der Waals surface area contributed by atoms with Crippen molar-refractivity contribution in [2.24, 2.45) is 0 Å². The molecule has 0 spiro atoms. The van der Waals surface area contributed by atoms with Crippen LogP contribution >= 0.6 is 0 Å². The molecule has 4 rings (SSSR count). The maximum Gasteiger partial charge on any atom is 0.287 e. The van der Waals surface area contributed by atoms with Gasteiger partial charge in [-0.3, -0.25) is 9.00 Å². The molecular formula is C22H19N3O3S. The molecule has 0 bridgehead atoms. The van der Waals surface area contributed by atoms with E-state index in [9.17, 15) is 9.00 Å². The Morgan fingerprint density at radius 1 is 1.07 bits per heavy atom. The highest BCUT2D eigenvalue weighted by Gasteiger charge is 2.14. The predicted molar refractivity (Wildman–Crippen MR) is 114 cm³/mol. The van der Waals surface area contributed by atoms with Crippen molar-refractivity contribution in [2.45, 2.75) is 16.3 Å². The average Bonchev–Trinajstić information content (AvgIpc) is 3.19. The fourth-order valence-electron chi connectivity index (χ4n) is 2.97. The van der Waals surface area contributed by atoms with Crippen molar-refractivity contribution in [1.29, 1.82) is 0 Å². The largest absolute Gasteiger partial charge is 0.447 e. The minimum absolute atomic E-state index is 0.168. The highest BCUT2D eigenvalue weighted by Crippen LogP contribution is 2.23. The first-order valence-electron chi connectivity index (χ1n) is 8.88. The van der Waals surface area contributed by atoms with E-state index >= 15 is 0 Å². The average molecular weight is 405 g/mol. The predicted octanol–water partition coefficient (Wildman–Crippen LogP) is 3.47. The minimum Gasteiger partial charge on any atom is -0.447 e. The van der Waals surface area contributed by atoms with E-state index in [1.807, 2.05) is 30.3 Å². The van der Waals surface area contributed by atoms with Crippen LogP contribution in [-0.4, -0.2) is 21.0 Å². The number of nitrogens with zero attached hydrogens (tertiary/aromatic N) is 1. The zero-order valence-electron chi connectivity index (χ0n) is 15.5. The number of pyridine rings is 1. The van der Waals surface area contributed by atoms with Crippen molar-refractivity contribution in [3.05, 3.63) is 84.3 Å². The topological polar surface area (TPSA) is 98.2 Å². The normalized spacial score (nSPS) is 13.1. The van der Waals surface area contributed by atoms with E-state index in [0.29, 0.717) is 21.9 Å². The van der Waals surface area contributed by atoms with E-state index < -0.39 is 9.52 Å². The van der Waals surface area contributed by atoms with E-state index in [0.717, 1.165) is 10.9 Å². The first-order chi connectivity index (χ1) is 13.9. The third-order valence-electron chi connectivity index (χ3n) is 4.57. The molecule has 1 amide bonds. The van der Waals surface area contributed by atoms with Gasteiger partial charge in [0.15, 0.2) is 17.2 Å². The number of nitrogens with one attached hydrogen (secondary N) is 1. The molecule has 1 atom stereocenters. The van der Waals surface area contributed by atoms with Crippen LogP contribution in [0.25, 0.3) is 11.0 Å². The molecule has 0 aliphatic rings. The van der Waals surface area contributed by atoms with Gasteiger partial charge in [0.05, 0.1) is 0 Å². The molecule has 2 aromatic carbocycles. The number of benzene rings is 2. The fraction of sp³-hybridized carbons (Fsp3) is 0.0455. The first kappa shape index (κ1) is 18.8. The number of carbonyl (C=O) groups excluding carboxylic acids is 1. The van der Waals surface area contributed by atoms with Crippen molar-refractivity contribution < 1.29 is 13.4 Å². The molecular weight excluding hydrogens is 386 g/mol. The Morgan fingerprint density at radius 2 is 1.76 bits per heavy atom. The third-order valence-corrected chi connectivity index (χ3v) is 6.63. The first-order valence-corrected chi connectivity index (χ1v) is 10.6. The maximum atomic E-state index is 13.1. The molecule has 0 radical (unpaired) electrons. The van der Waals surface area contributed by atoms with Gasteiger partial charge >= 0.3 is 0 Å². The lowest BCUT2D eigenvalue weighted by molar-refractivity contribution is 0.0925. The SMILES string of the molecule is C=S(=O)(c1ccccc1)c1ccc(CNC(=O)c2cc3ccnc(N)c3o2)cc1. The third kappa shape index (κ3) is 3.72. The van der Waals surface area contributed by atoms with Gasteiger partial charge in [0, 0.05) is 37.4 Å². The molecule has 4 aromatic rings. The molecule has 0 saturated carbocycles. The lowest BCUT2D eigenvalue weighted by Crippen LogP contribution is -2.22. The summed E-state index contributed by atoms with van der Waals surface area (Å²) in [6, 6.07) is 19.7. The van der Waals surface area contributed by atoms with Crippen LogP contribution in [0.4, 0.5) is 5.82 Å². The molecule has 0 aliphatic carbocycles. The van der Waals surface area contributed by atoms with E-state index in [1.165, 1.54) is 0 Å². The van der Waals surface area contributed by atoms with E-state index in [4.69, 9.17) is 10.2 Å². The standard InChI is InChI=1S/C22H19N3O3S/c1-29(27,17-5-3-2-4-6-17)18-9-7-15(8-10-18)14-25-22(26)19-13-16-11-12-24-21(23)20(16)28-19/h2-13H,1,14H2,(H2,23,24)(H,25,26). The summed E-state index contributed by atoms with van der Waals surface area (Å²) in [6.45, 7) is 0.299. The number of carbonyl (C=O) groups is 1. The lowest BCUT2D eigenvalue weighted by atomic mass is 10.2. The molecule has 6 nitrogen and oxygen atoms in total. The van der Waals surface area contributed by atoms with Crippen LogP contribution < -0.4 is 11.1 Å². The number of aromatic nitrogens is 1. The quantitative estimate of drug-likeness (QED) is 0.496. The van der Waals surface area contributed by atoms with E-state index in [2.05, 4.69) is 16.2 Å². The summed E-state index contributed by atoms with van der Waals surface area (Å²) in [5.41, 5.74) is 7.02. The molecule has 1 unspecified atom stereocenters. The van der Waals surface area contributed by atoms with Gasteiger partial charge in [0.2, 0.25) is 0 Å². The summed E-state index contributed by atoms with van der Waals surface area (Å²) in [6.07, 6.45) is 1.56. The van der Waals surface area contributed by atoms with Crippen molar-refractivity contribution in [3.63, 3.8) is 0 Å². The monoisotopic (exact) mass is 405 g/mol. The van der Waals surface area contributed by atoms with Crippen LogP contribution in [0.5, 0.6) is 0 Å². The highest BCUT2D eigenvalue weighted by molar-refractivity contribution is 8.00. The Balaban J connectivity index is 1.46. The van der Waals surface area contributed by atoms with Crippen molar-refractivity contribution in [2.75, 3.05) is 5.73 Å². The molecule has 0 aliphatic heterocycles. The fourth-order valence-corrected chi connectivity index (χ4v) is 4.42. The van der Waals surface area contributed by atoms with Gasteiger partial charge < -0.3 is 15.5 Å². The Labute approximate surface area is 168 Å². The molecule has 7 heteroatoms. The van der Waals surface area contributed by atoms with Crippen LogP contribution in [0.2, 0.25) is 0 Å². The van der Waals surface area contributed by atoms with Gasteiger partial charge in [-0.15, -0.1) is 0 Å². The summed E-state index contributed by atoms with van der Waals surface area (Å²) in [5.74, 6) is 3.97. The van der Waals surface area contributed by atoms with Crippen LogP contribution in [-0.2, 0) is 16.1 Å². The Hall–Kier alpha value is -3.58. The molecule has 2 aromatic heterocycles. The molecule has 2 heterocycles. The second-order valence-corrected chi connectivity index (χ2v) is 8.83. The number of hydrogen-bond acceptors (Lipinski definition) is 5. The van der Waals surface area contributed by atoms with Gasteiger partial charge in [0.25, 0.3) is 5.91 Å². The highest BCUT2D eigenvalue weighted by atomic mass is 32.2. The Kier molecular flexibility index (Phi) is 4.82. The Morgan fingerprint density at radius 3 is 2.45 bits per heavy atom. The van der Waals surface area contributed by atoms with Gasteiger partial charge in [-0.05, 0) is 47.8 Å². The molecule has 3 N–H and O–H groups in total. The van der Waals surface area contributed by atoms with Crippen molar-refractivity contribution in [3.8, 4) is 0 Å². The van der Waals surface area contributed by atoms with Gasteiger partial charge in [-0.2, -0.15) is 0 Å². The summed E-state index contributed by atoms with van der Waals surface area (Å²) in [5, 5.41) is 3.53. The Bertz CT molecular complexity index is 1280. The maximum absolute atomic E-state index is 13.1. The molecule has 29 heavy (non-hydrogen) atoms. The zero-order valence-corrected chi connectivity index (χ0v) is 16.3. The second-order valence-electron chi connectivity index (χ2n) is 6.54. The van der Waals surface area contributed by atoms with E-state index in [1.54, 1.807) is 42.6 Å². The van der Waals surface area contributed by atoms with Gasteiger partial charge in [0.1, 0.15) is 0 Å². The second kappa shape index (κ2) is 7.44. The van der Waals surface area contributed by atoms with Crippen molar-refractivity contribution >= 4 is 38.1 Å². The summed E-state index contributed by atoms with van der Waals surface area (Å²) in [7, 11) is -2.57. The molecule has 0 fully saturated rings. The van der Waals surface area contributed by atoms with Gasteiger partial charge in [-0.1, -0.05) is 30.3 Å². The summed E-state index contributed by atoms with van der Waals surface area (Å²) in [4.78, 5) is 17.7. The van der Waals surface area contributed by atoms with Crippen LogP contribution in [0, 0.1) is 0 Å². The number of nitrogen functional groups attached to an aromatic ring is 1. The van der Waals surface area contributed by atoms with Crippen molar-refractivity contribution in [1.82, 2.24) is 10.3 Å². The molecule has 146 valence electrons. The number of rotatable bonds is 5. The number of furan rings is 1. The van der Waals surface area contributed by atoms with Crippen LogP contribution in [0.15, 0.2) is 87.1 Å². The van der Waals surface area contributed by atoms with Crippen LogP contribution in [0.1, 0.15) is 16.1 Å². The lowest BCUT2D eigenvalue weighted by Gasteiger charge is -2.11. The number of nitrogens with two attached hydrogens (primary N) is 1.